The largest absolute Gasteiger partial charge is 0.492 e. The molecule has 3 aliphatic rings. The van der Waals surface area contributed by atoms with Gasteiger partial charge in [0.2, 0.25) is 5.91 Å². The number of ether oxygens (including phenoxy) is 2. The second-order valence-corrected chi connectivity index (χ2v) is 7.86. The summed E-state index contributed by atoms with van der Waals surface area (Å²) < 4.78 is 43.6. The van der Waals surface area contributed by atoms with Crippen LogP contribution in [0.15, 0.2) is 36.7 Å². The fourth-order valence-corrected chi connectivity index (χ4v) is 4.13. The van der Waals surface area contributed by atoms with E-state index in [1.807, 2.05) is 17.0 Å². The molecule has 1 unspecified atom stereocenters. The number of aliphatic carboxylic acids is 1. The zero-order valence-electron chi connectivity index (χ0n) is 16.9. The Balaban J connectivity index is 0.000000339. The molecule has 1 aromatic rings. The smallest absolute Gasteiger partial charge is 0.490 e. The Labute approximate surface area is 177 Å². The molecule has 2 aliphatic heterocycles. The third-order valence-electron chi connectivity index (χ3n) is 5.80. The van der Waals surface area contributed by atoms with Crippen molar-refractivity contribution in [3.63, 3.8) is 0 Å². The molecular formula is C21H25F3N2O5. The van der Waals surface area contributed by atoms with Crippen LogP contribution in [0.1, 0.15) is 25.7 Å². The first kappa shape index (κ1) is 23.1. The number of carbonyl (C=O) groups is 2. The van der Waals surface area contributed by atoms with E-state index in [0.717, 1.165) is 51.1 Å². The third-order valence-corrected chi connectivity index (χ3v) is 5.80. The minimum atomic E-state index is -5.08. The fraction of sp³-hybridized carbons (Fsp3) is 0.571. The first-order chi connectivity index (χ1) is 14.7. The van der Waals surface area contributed by atoms with Gasteiger partial charge < -0.3 is 19.5 Å². The van der Waals surface area contributed by atoms with Crippen LogP contribution in [0.2, 0.25) is 0 Å². The van der Waals surface area contributed by atoms with Gasteiger partial charge in [-0.25, -0.2) is 4.79 Å². The number of hydrogen-bond donors (Lipinski definition) is 1. The van der Waals surface area contributed by atoms with Crippen molar-refractivity contribution in [2.75, 3.05) is 26.3 Å². The maximum absolute atomic E-state index is 12.5. The van der Waals surface area contributed by atoms with Gasteiger partial charge in [0.25, 0.3) is 0 Å². The number of halogens is 3. The van der Waals surface area contributed by atoms with Crippen molar-refractivity contribution in [3.05, 3.63) is 36.7 Å². The summed E-state index contributed by atoms with van der Waals surface area (Å²) in [7, 11) is 0. The molecule has 1 spiro atoms. The molecule has 1 aromatic heterocycles. The number of pyridine rings is 1. The molecule has 0 aromatic carbocycles. The average Bonchev–Trinajstić information content (AvgIpc) is 3.37. The first-order valence-electron chi connectivity index (χ1n) is 10.1. The number of hydrogen-bond acceptors (Lipinski definition) is 5. The van der Waals surface area contributed by atoms with Crippen LogP contribution in [0, 0.1) is 11.8 Å². The third kappa shape index (κ3) is 5.75. The van der Waals surface area contributed by atoms with E-state index in [-0.39, 0.29) is 11.5 Å². The highest BCUT2D eigenvalue weighted by atomic mass is 19.4. The zero-order chi connectivity index (χ0) is 22.5. The summed E-state index contributed by atoms with van der Waals surface area (Å²) in [5.41, 5.74) is -0.125. The Morgan fingerprint density at radius 3 is 2.55 bits per heavy atom. The Hall–Kier alpha value is -2.62. The van der Waals surface area contributed by atoms with E-state index < -0.39 is 12.1 Å². The number of carbonyl (C=O) groups excluding carboxylic acids is 1. The van der Waals surface area contributed by atoms with Gasteiger partial charge in [0.1, 0.15) is 11.4 Å². The Morgan fingerprint density at radius 1 is 1.29 bits per heavy atom. The molecule has 2 fully saturated rings. The molecule has 1 atom stereocenters. The van der Waals surface area contributed by atoms with Crippen molar-refractivity contribution >= 4 is 11.9 Å². The van der Waals surface area contributed by atoms with E-state index >= 15 is 0 Å². The van der Waals surface area contributed by atoms with Gasteiger partial charge in [0.15, 0.2) is 0 Å². The molecule has 1 amide bonds. The number of rotatable bonds is 5. The van der Waals surface area contributed by atoms with E-state index in [1.165, 1.54) is 0 Å². The summed E-state index contributed by atoms with van der Waals surface area (Å²) in [6, 6.07) is 3.80. The average molecular weight is 442 g/mol. The van der Waals surface area contributed by atoms with E-state index in [1.54, 1.807) is 12.4 Å². The van der Waals surface area contributed by atoms with Crippen LogP contribution in [-0.2, 0) is 14.3 Å². The van der Waals surface area contributed by atoms with Gasteiger partial charge in [-0.15, -0.1) is 0 Å². The summed E-state index contributed by atoms with van der Waals surface area (Å²) in [6.07, 6.45) is 6.43. The summed E-state index contributed by atoms with van der Waals surface area (Å²) in [5, 5.41) is 7.12. The number of alkyl halides is 3. The SMILES string of the molecule is O=C(C1CC=CC1)N1CC2(C1)OCCC2CCOc1cccnc1.O=C(O)C(F)(F)F. The highest BCUT2D eigenvalue weighted by molar-refractivity contribution is 5.80. The number of nitrogens with zero attached hydrogens (tertiary/aromatic N) is 2. The first-order valence-corrected chi connectivity index (χ1v) is 10.1. The number of carboxylic acids is 1. The lowest BCUT2D eigenvalue weighted by molar-refractivity contribution is -0.192. The molecule has 7 nitrogen and oxygen atoms in total. The molecule has 0 radical (unpaired) electrons. The van der Waals surface area contributed by atoms with Gasteiger partial charge >= 0.3 is 12.1 Å². The van der Waals surface area contributed by atoms with Gasteiger partial charge in [-0.1, -0.05) is 12.2 Å². The predicted molar refractivity (Wildman–Crippen MR) is 103 cm³/mol. The van der Waals surface area contributed by atoms with E-state index in [4.69, 9.17) is 19.4 Å². The van der Waals surface area contributed by atoms with Crippen LogP contribution in [0.5, 0.6) is 5.75 Å². The summed E-state index contributed by atoms with van der Waals surface area (Å²) >= 11 is 0. The minimum Gasteiger partial charge on any atom is -0.492 e. The van der Waals surface area contributed by atoms with Crippen LogP contribution in [-0.4, -0.2) is 64.9 Å². The quantitative estimate of drug-likeness (QED) is 0.705. The Bertz CT molecular complexity index is 786. The van der Waals surface area contributed by atoms with Gasteiger partial charge in [-0.2, -0.15) is 13.2 Å². The molecule has 170 valence electrons. The van der Waals surface area contributed by atoms with Gasteiger partial charge in [-0.05, 0) is 43.7 Å². The highest BCUT2D eigenvalue weighted by Gasteiger charge is 2.54. The second kappa shape index (κ2) is 9.67. The number of carboxylic acid groups (broad SMARTS) is 1. The molecule has 4 rings (SSSR count). The Morgan fingerprint density at radius 2 is 1.97 bits per heavy atom. The maximum atomic E-state index is 12.5. The molecular weight excluding hydrogens is 417 g/mol. The lowest BCUT2D eigenvalue weighted by Gasteiger charge is -2.51. The van der Waals surface area contributed by atoms with Gasteiger partial charge in [0, 0.05) is 18.7 Å². The van der Waals surface area contributed by atoms with Crippen LogP contribution in [0.4, 0.5) is 13.2 Å². The lowest BCUT2D eigenvalue weighted by Crippen LogP contribution is -2.66. The van der Waals surface area contributed by atoms with Crippen molar-refractivity contribution < 1.29 is 37.3 Å². The normalized spacial score (nSPS) is 22.0. The highest BCUT2D eigenvalue weighted by Crippen LogP contribution is 2.42. The number of allylic oxidation sites excluding steroid dienone is 2. The van der Waals surface area contributed by atoms with Gasteiger partial charge in [-0.3, -0.25) is 9.78 Å². The molecule has 31 heavy (non-hydrogen) atoms. The second-order valence-electron chi connectivity index (χ2n) is 7.86. The van der Waals surface area contributed by atoms with E-state index in [9.17, 15) is 18.0 Å². The predicted octanol–water partition coefficient (Wildman–Crippen LogP) is 3.07. The van der Waals surface area contributed by atoms with E-state index in [0.29, 0.717) is 18.4 Å². The monoisotopic (exact) mass is 442 g/mol. The molecule has 1 N–H and O–H groups in total. The standard InChI is InChI=1S/C19H24N2O3.C2HF3O2/c22-18(15-4-1-2-5-15)21-13-19(14-21)16(8-11-24-19)7-10-23-17-6-3-9-20-12-17;3-2(4,5)1(6)7/h1-3,6,9,12,15-16H,4-5,7-8,10-11,13-14H2;(H,6,7). The van der Waals surface area contributed by atoms with Crippen molar-refractivity contribution in [3.8, 4) is 5.75 Å². The van der Waals surface area contributed by atoms with Crippen molar-refractivity contribution in [2.45, 2.75) is 37.5 Å². The summed E-state index contributed by atoms with van der Waals surface area (Å²) in [4.78, 5) is 27.4. The van der Waals surface area contributed by atoms with E-state index in [2.05, 4.69) is 17.1 Å². The number of likely N-dealkylation sites (tertiary alicyclic amines) is 1. The molecule has 3 heterocycles. The maximum Gasteiger partial charge on any atom is 0.490 e. The van der Waals surface area contributed by atoms with Gasteiger partial charge in [0.05, 0.1) is 25.9 Å². The van der Waals surface area contributed by atoms with Crippen LogP contribution >= 0.6 is 0 Å². The topological polar surface area (TPSA) is 89.0 Å². The van der Waals surface area contributed by atoms with Crippen LogP contribution in [0.3, 0.4) is 0 Å². The summed E-state index contributed by atoms with van der Waals surface area (Å²) in [5.74, 6) is -1.01. The molecule has 0 bridgehead atoms. The fourth-order valence-electron chi connectivity index (χ4n) is 4.13. The lowest BCUT2D eigenvalue weighted by atomic mass is 9.78. The Kier molecular flexibility index (Phi) is 7.19. The summed E-state index contributed by atoms with van der Waals surface area (Å²) in [6.45, 7) is 2.96. The molecule has 2 saturated heterocycles. The molecule has 1 aliphatic carbocycles. The van der Waals surface area contributed by atoms with Crippen molar-refractivity contribution in [1.29, 1.82) is 0 Å². The van der Waals surface area contributed by atoms with Crippen molar-refractivity contribution in [1.82, 2.24) is 9.88 Å². The van der Waals surface area contributed by atoms with Crippen LogP contribution in [0.25, 0.3) is 0 Å². The van der Waals surface area contributed by atoms with Crippen LogP contribution < -0.4 is 4.74 Å². The molecule has 10 heteroatoms. The number of amides is 1. The zero-order valence-corrected chi connectivity index (χ0v) is 16.9. The minimum absolute atomic E-state index is 0.125. The molecule has 0 saturated carbocycles. The van der Waals surface area contributed by atoms with Crippen molar-refractivity contribution in [2.24, 2.45) is 11.8 Å². The number of aromatic nitrogens is 1.